The van der Waals surface area contributed by atoms with Crippen LogP contribution in [-0.4, -0.2) is 27.7 Å². The number of anilines is 3. The van der Waals surface area contributed by atoms with Gasteiger partial charge in [-0.1, -0.05) is 19.7 Å². The van der Waals surface area contributed by atoms with Crippen LogP contribution >= 0.6 is 0 Å². The molecule has 1 aromatic heterocycles. The first-order valence-electron chi connectivity index (χ1n) is 6.89. The summed E-state index contributed by atoms with van der Waals surface area (Å²) in [5.41, 5.74) is 0.763. The van der Waals surface area contributed by atoms with Crippen molar-refractivity contribution in [2.24, 2.45) is 0 Å². The SMILES string of the molecule is C=C(C)C(=O)Nc1ncnc(NC(=O)C(=C)C)c1NC(=O)C(=C)C. The van der Waals surface area contributed by atoms with E-state index in [1.807, 2.05) is 0 Å². The second-order valence-electron chi connectivity index (χ2n) is 5.15. The van der Waals surface area contributed by atoms with Crippen LogP contribution in [-0.2, 0) is 14.4 Å². The Morgan fingerprint density at radius 1 is 0.750 bits per heavy atom. The van der Waals surface area contributed by atoms with Crippen LogP contribution in [0, 0.1) is 0 Å². The first-order chi connectivity index (χ1) is 11.1. The van der Waals surface area contributed by atoms with Crippen LogP contribution in [0.25, 0.3) is 0 Å². The van der Waals surface area contributed by atoms with Gasteiger partial charge in [-0.3, -0.25) is 14.4 Å². The Bertz CT molecular complexity index is 706. The average Bonchev–Trinajstić information content (AvgIpc) is 2.49. The minimum atomic E-state index is -0.513. The first-order valence-corrected chi connectivity index (χ1v) is 6.89. The molecule has 1 rings (SSSR count). The Kier molecular flexibility index (Phi) is 6.11. The number of carbonyl (C=O) groups excluding carboxylic acids is 3. The summed E-state index contributed by atoms with van der Waals surface area (Å²) >= 11 is 0. The van der Waals surface area contributed by atoms with E-state index in [0.29, 0.717) is 0 Å². The largest absolute Gasteiger partial charge is 0.316 e. The number of nitrogens with zero attached hydrogens (tertiary/aromatic N) is 2. The Hall–Kier alpha value is -3.29. The van der Waals surface area contributed by atoms with Crippen LogP contribution in [0.5, 0.6) is 0 Å². The van der Waals surface area contributed by atoms with Crippen molar-refractivity contribution in [2.75, 3.05) is 16.0 Å². The summed E-state index contributed by atoms with van der Waals surface area (Å²) in [7, 11) is 0. The lowest BCUT2D eigenvalue weighted by Gasteiger charge is -2.15. The molecule has 8 heteroatoms. The van der Waals surface area contributed by atoms with E-state index in [2.05, 4.69) is 45.7 Å². The van der Waals surface area contributed by atoms with Crippen molar-refractivity contribution in [3.8, 4) is 0 Å². The maximum absolute atomic E-state index is 11.9. The molecule has 0 saturated carbocycles. The van der Waals surface area contributed by atoms with Crippen LogP contribution < -0.4 is 16.0 Å². The highest BCUT2D eigenvalue weighted by molar-refractivity contribution is 6.12. The number of amides is 3. The predicted octanol–water partition coefficient (Wildman–Crippen LogP) is 2.02. The number of aromatic nitrogens is 2. The van der Waals surface area contributed by atoms with E-state index in [0.717, 1.165) is 6.33 Å². The molecule has 0 aromatic carbocycles. The van der Waals surface area contributed by atoms with Gasteiger partial charge in [-0.25, -0.2) is 9.97 Å². The molecule has 126 valence electrons. The van der Waals surface area contributed by atoms with Gasteiger partial charge in [0.2, 0.25) is 0 Å². The fraction of sp³-hybridized carbons (Fsp3) is 0.188. The summed E-state index contributed by atoms with van der Waals surface area (Å²) < 4.78 is 0. The molecule has 0 unspecified atom stereocenters. The molecule has 1 aromatic rings. The smallest absolute Gasteiger partial charge is 0.251 e. The van der Waals surface area contributed by atoms with Gasteiger partial charge < -0.3 is 16.0 Å². The molecule has 0 aliphatic carbocycles. The van der Waals surface area contributed by atoms with Crippen LogP contribution in [0.3, 0.4) is 0 Å². The first kappa shape index (κ1) is 18.8. The Balaban J connectivity index is 3.31. The second-order valence-corrected chi connectivity index (χ2v) is 5.15. The van der Waals surface area contributed by atoms with Crippen LogP contribution in [0.15, 0.2) is 42.8 Å². The van der Waals surface area contributed by atoms with E-state index >= 15 is 0 Å². The van der Waals surface area contributed by atoms with Crippen molar-refractivity contribution in [1.29, 1.82) is 0 Å². The van der Waals surface area contributed by atoms with E-state index in [1.54, 1.807) is 0 Å². The zero-order valence-electron chi connectivity index (χ0n) is 13.8. The average molecular weight is 329 g/mol. The topological polar surface area (TPSA) is 113 Å². The lowest BCUT2D eigenvalue weighted by Crippen LogP contribution is -2.21. The number of nitrogens with one attached hydrogen (secondary N) is 3. The number of carbonyl (C=O) groups is 3. The highest BCUT2D eigenvalue weighted by atomic mass is 16.2. The Morgan fingerprint density at radius 3 is 1.42 bits per heavy atom. The second kappa shape index (κ2) is 7.82. The predicted molar refractivity (Wildman–Crippen MR) is 92.4 cm³/mol. The Labute approximate surface area is 139 Å². The lowest BCUT2D eigenvalue weighted by atomic mass is 10.2. The zero-order chi connectivity index (χ0) is 18.4. The molecule has 0 fully saturated rings. The van der Waals surface area contributed by atoms with Crippen LogP contribution in [0.1, 0.15) is 20.8 Å². The molecule has 3 N–H and O–H groups in total. The molecule has 1 heterocycles. The van der Waals surface area contributed by atoms with E-state index in [1.165, 1.54) is 20.8 Å². The van der Waals surface area contributed by atoms with E-state index in [-0.39, 0.29) is 34.0 Å². The molecule has 0 atom stereocenters. The van der Waals surface area contributed by atoms with Crippen molar-refractivity contribution >= 4 is 35.0 Å². The highest BCUT2D eigenvalue weighted by Crippen LogP contribution is 2.27. The van der Waals surface area contributed by atoms with E-state index < -0.39 is 17.7 Å². The maximum Gasteiger partial charge on any atom is 0.251 e. The third-order valence-corrected chi connectivity index (χ3v) is 2.71. The number of hydrogen-bond acceptors (Lipinski definition) is 5. The van der Waals surface area contributed by atoms with Crippen molar-refractivity contribution in [3.05, 3.63) is 42.8 Å². The third-order valence-electron chi connectivity index (χ3n) is 2.71. The molecular formula is C16H19N5O3. The molecule has 0 aliphatic rings. The van der Waals surface area contributed by atoms with Crippen molar-refractivity contribution in [2.45, 2.75) is 20.8 Å². The van der Waals surface area contributed by atoms with Gasteiger partial charge in [0.15, 0.2) is 11.6 Å². The van der Waals surface area contributed by atoms with Gasteiger partial charge in [0.25, 0.3) is 17.7 Å². The van der Waals surface area contributed by atoms with E-state index in [4.69, 9.17) is 0 Å². The Morgan fingerprint density at radius 2 is 1.08 bits per heavy atom. The molecular weight excluding hydrogens is 310 g/mol. The summed E-state index contributed by atoms with van der Waals surface area (Å²) in [6.45, 7) is 15.1. The van der Waals surface area contributed by atoms with Crippen molar-refractivity contribution in [1.82, 2.24) is 9.97 Å². The fourth-order valence-electron chi connectivity index (χ4n) is 1.34. The molecule has 8 nitrogen and oxygen atoms in total. The molecule has 0 spiro atoms. The summed E-state index contributed by atoms with van der Waals surface area (Å²) in [6.07, 6.45) is 1.14. The standard InChI is InChI=1S/C16H19N5O3/c1-8(2)14(22)19-11-12(20-15(23)9(3)4)17-7-18-13(11)21-16(24)10(5)6/h7H,1,3,5H2,2,4,6H3,(H,19,22)(H2,17,18,20,21,23,24). The molecule has 0 radical (unpaired) electrons. The van der Waals surface area contributed by atoms with Gasteiger partial charge >= 0.3 is 0 Å². The summed E-state index contributed by atoms with van der Waals surface area (Å²) in [6, 6.07) is 0. The lowest BCUT2D eigenvalue weighted by molar-refractivity contribution is -0.113. The maximum atomic E-state index is 11.9. The van der Waals surface area contributed by atoms with Crippen molar-refractivity contribution in [3.63, 3.8) is 0 Å². The fourth-order valence-corrected chi connectivity index (χ4v) is 1.34. The quantitative estimate of drug-likeness (QED) is 0.691. The molecule has 0 aliphatic heterocycles. The number of rotatable bonds is 6. The number of hydrogen-bond donors (Lipinski definition) is 3. The molecule has 3 amide bonds. The molecule has 0 saturated heterocycles. The van der Waals surface area contributed by atoms with Gasteiger partial charge in [-0.15, -0.1) is 0 Å². The summed E-state index contributed by atoms with van der Waals surface area (Å²) in [4.78, 5) is 43.4. The molecule has 0 bridgehead atoms. The summed E-state index contributed by atoms with van der Waals surface area (Å²) in [5, 5.41) is 7.49. The van der Waals surface area contributed by atoms with Gasteiger partial charge in [0, 0.05) is 16.7 Å². The van der Waals surface area contributed by atoms with Gasteiger partial charge in [-0.2, -0.15) is 0 Å². The normalized spacial score (nSPS) is 9.62. The monoisotopic (exact) mass is 329 g/mol. The van der Waals surface area contributed by atoms with Crippen LogP contribution in [0.2, 0.25) is 0 Å². The van der Waals surface area contributed by atoms with Crippen LogP contribution in [0.4, 0.5) is 17.3 Å². The zero-order valence-corrected chi connectivity index (χ0v) is 13.8. The van der Waals surface area contributed by atoms with Gasteiger partial charge in [0.05, 0.1) is 0 Å². The third kappa shape index (κ3) is 4.87. The van der Waals surface area contributed by atoms with Gasteiger partial charge in [0.1, 0.15) is 12.0 Å². The van der Waals surface area contributed by atoms with Crippen molar-refractivity contribution < 1.29 is 14.4 Å². The molecule has 24 heavy (non-hydrogen) atoms. The van der Waals surface area contributed by atoms with E-state index in [9.17, 15) is 14.4 Å². The minimum absolute atomic E-state index is 0.0182. The minimum Gasteiger partial charge on any atom is -0.316 e. The summed E-state index contributed by atoms with van der Waals surface area (Å²) in [5.74, 6) is -1.45. The van der Waals surface area contributed by atoms with Gasteiger partial charge in [-0.05, 0) is 20.8 Å². The highest BCUT2D eigenvalue weighted by Gasteiger charge is 2.18.